The van der Waals surface area contributed by atoms with Crippen molar-refractivity contribution in [2.45, 2.75) is 71.3 Å². The Kier molecular flexibility index (Phi) is 5.72. The van der Waals surface area contributed by atoms with Gasteiger partial charge in [-0.2, -0.15) is 0 Å². The van der Waals surface area contributed by atoms with Crippen LogP contribution in [0.3, 0.4) is 0 Å². The van der Waals surface area contributed by atoms with Crippen molar-refractivity contribution in [3.05, 3.63) is 23.6 Å². The zero-order valence-corrected chi connectivity index (χ0v) is 19.4. The summed E-state index contributed by atoms with van der Waals surface area (Å²) in [5, 5.41) is 21.2. The van der Waals surface area contributed by atoms with E-state index >= 15 is 4.39 Å². The van der Waals surface area contributed by atoms with E-state index in [0.29, 0.717) is 6.42 Å². The van der Waals surface area contributed by atoms with Crippen molar-refractivity contribution < 1.29 is 38.1 Å². The fourth-order valence-electron chi connectivity index (χ4n) is 7.99. The topological polar surface area (TPSA) is 101 Å². The fraction of sp³-hybridized carbons (Fsp3) is 0.720. The molecule has 6 nitrogen and oxygen atoms in total. The Bertz CT molecular complexity index is 959. The monoisotopic (exact) mass is 466 g/mol. The molecule has 3 fully saturated rings. The van der Waals surface area contributed by atoms with Crippen LogP contribution >= 0.6 is 0 Å². The Balaban J connectivity index is 1.85. The molecule has 0 amide bonds. The first-order chi connectivity index (χ1) is 15.4. The first-order valence-corrected chi connectivity index (χ1v) is 11.7. The number of aliphatic hydroxyl groups excluding tert-OH is 2. The Morgan fingerprint density at radius 2 is 1.94 bits per heavy atom. The molecule has 0 unspecified atom stereocenters. The Labute approximate surface area is 192 Å². The van der Waals surface area contributed by atoms with Crippen LogP contribution in [0, 0.1) is 34.5 Å². The van der Waals surface area contributed by atoms with Crippen LogP contribution in [0.2, 0.25) is 0 Å². The minimum atomic E-state index is -1.71. The van der Waals surface area contributed by atoms with E-state index in [0.717, 1.165) is 6.08 Å². The highest BCUT2D eigenvalue weighted by atomic mass is 19.1. The summed E-state index contributed by atoms with van der Waals surface area (Å²) in [7, 11) is 0. The largest absolute Gasteiger partial charge is 0.450 e. The summed E-state index contributed by atoms with van der Waals surface area (Å²) in [6.45, 7) is 6.00. The minimum absolute atomic E-state index is 0.0411. The summed E-state index contributed by atoms with van der Waals surface area (Å²) >= 11 is 0. The normalized spacial score (nSPS) is 46.5. The predicted octanol–water partition coefficient (Wildman–Crippen LogP) is 3.01. The number of fused-ring (bicyclic) bond motifs is 5. The number of esters is 1. The van der Waals surface area contributed by atoms with Crippen LogP contribution in [-0.2, 0) is 19.1 Å². The molecule has 0 saturated heterocycles. The number of Topliss-reactive ketones (excluding diaryl/α,β-unsaturated/α-hetero) is 1. The van der Waals surface area contributed by atoms with Crippen LogP contribution in [-0.4, -0.2) is 52.2 Å². The first kappa shape index (κ1) is 24.2. The lowest BCUT2D eigenvalue weighted by Crippen LogP contribution is -2.65. The lowest BCUT2D eigenvalue weighted by atomic mass is 9.45. The van der Waals surface area contributed by atoms with Gasteiger partial charge in [-0.3, -0.25) is 14.4 Å². The average molecular weight is 467 g/mol. The fourth-order valence-corrected chi connectivity index (χ4v) is 7.99. The summed E-state index contributed by atoms with van der Waals surface area (Å²) in [6.07, 6.45) is 0.273. The molecule has 4 aliphatic carbocycles. The standard InChI is InChI=1S/C25H32F2O6/c1-5-19(32)33-25(18(31)11-28)12(2)8-14-13-9-15(26)21-22(27)16(29)6-7-23(21,3)20(13)17(30)10-24(14,25)4/h6-7,12-15,17,20,28,30H,5,8-11H2,1-4H3/t12-,13+,14+,15+,17+,20-,23-,24+,25+/m1/s1. The Hall–Kier alpha value is -1.93. The van der Waals surface area contributed by atoms with Gasteiger partial charge in [0.15, 0.2) is 11.4 Å². The molecule has 4 rings (SSSR count). The molecule has 0 aromatic rings. The molecule has 0 radical (unpaired) electrons. The van der Waals surface area contributed by atoms with Gasteiger partial charge in [-0.1, -0.05) is 33.8 Å². The van der Waals surface area contributed by atoms with E-state index in [1.54, 1.807) is 27.7 Å². The number of ether oxygens (including phenoxy) is 1. The maximum Gasteiger partial charge on any atom is 0.306 e. The van der Waals surface area contributed by atoms with Gasteiger partial charge >= 0.3 is 5.97 Å². The third kappa shape index (κ3) is 2.99. The number of carbonyl (C=O) groups is 3. The number of aliphatic hydroxyl groups is 2. The Morgan fingerprint density at radius 1 is 1.27 bits per heavy atom. The average Bonchev–Trinajstić information content (AvgIpc) is 2.97. The highest BCUT2D eigenvalue weighted by Crippen LogP contribution is 2.69. The van der Waals surface area contributed by atoms with Gasteiger partial charge in [0, 0.05) is 34.7 Å². The van der Waals surface area contributed by atoms with Crippen LogP contribution in [0.25, 0.3) is 0 Å². The summed E-state index contributed by atoms with van der Waals surface area (Å²) in [6, 6.07) is 0. The smallest absolute Gasteiger partial charge is 0.306 e. The van der Waals surface area contributed by atoms with Crippen molar-refractivity contribution in [3.63, 3.8) is 0 Å². The predicted molar refractivity (Wildman–Crippen MR) is 114 cm³/mol. The van der Waals surface area contributed by atoms with E-state index in [2.05, 4.69) is 0 Å². The highest BCUT2D eigenvalue weighted by Gasteiger charge is 2.73. The van der Waals surface area contributed by atoms with Gasteiger partial charge in [0.1, 0.15) is 12.8 Å². The van der Waals surface area contributed by atoms with Gasteiger partial charge in [0.05, 0.1) is 6.10 Å². The third-order valence-corrected chi connectivity index (χ3v) is 9.21. The lowest BCUT2D eigenvalue weighted by molar-refractivity contribution is -0.206. The molecule has 0 spiro atoms. The zero-order valence-electron chi connectivity index (χ0n) is 19.4. The van der Waals surface area contributed by atoms with Gasteiger partial charge in [-0.25, -0.2) is 8.78 Å². The molecule has 0 aliphatic heterocycles. The third-order valence-electron chi connectivity index (χ3n) is 9.21. The second kappa shape index (κ2) is 7.80. The molecule has 0 heterocycles. The van der Waals surface area contributed by atoms with Gasteiger partial charge in [0.25, 0.3) is 0 Å². The summed E-state index contributed by atoms with van der Waals surface area (Å²) in [4.78, 5) is 37.5. The quantitative estimate of drug-likeness (QED) is 0.618. The number of hydrogen-bond acceptors (Lipinski definition) is 6. The van der Waals surface area contributed by atoms with E-state index in [9.17, 15) is 29.0 Å². The molecule has 0 bridgehead atoms. The van der Waals surface area contributed by atoms with E-state index < -0.39 is 76.4 Å². The van der Waals surface area contributed by atoms with Crippen LogP contribution in [0.4, 0.5) is 8.78 Å². The van der Waals surface area contributed by atoms with Crippen molar-refractivity contribution in [3.8, 4) is 0 Å². The lowest BCUT2D eigenvalue weighted by Gasteiger charge is -2.60. The minimum Gasteiger partial charge on any atom is -0.450 e. The van der Waals surface area contributed by atoms with E-state index in [1.165, 1.54) is 6.08 Å². The number of hydrogen-bond donors (Lipinski definition) is 2. The summed E-state index contributed by atoms with van der Waals surface area (Å²) in [5.74, 6) is -4.95. The maximum absolute atomic E-state index is 15.5. The molecule has 182 valence electrons. The molecule has 8 heteroatoms. The van der Waals surface area contributed by atoms with Crippen molar-refractivity contribution in [2.75, 3.05) is 6.61 Å². The van der Waals surface area contributed by atoms with Crippen molar-refractivity contribution >= 4 is 17.5 Å². The molecule has 2 N–H and O–H groups in total. The number of ketones is 2. The van der Waals surface area contributed by atoms with Crippen LogP contribution in [0.5, 0.6) is 0 Å². The Morgan fingerprint density at radius 3 is 2.55 bits per heavy atom. The van der Waals surface area contributed by atoms with Crippen molar-refractivity contribution in [2.24, 2.45) is 34.5 Å². The van der Waals surface area contributed by atoms with Gasteiger partial charge in [-0.05, 0) is 37.2 Å². The number of rotatable bonds is 4. The molecular weight excluding hydrogens is 434 g/mol. The molecular formula is C25H32F2O6. The molecule has 3 saturated carbocycles. The van der Waals surface area contributed by atoms with Crippen LogP contribution in [0.15, 0.2) is 23.6 Å². The summed E-state index contributed by atoms with van der Waals surface area (Å²) < 4.78 is 36.1. The number of allylic oxidation sites excluding steroid dienone is 4. The molecule has 0 aromatic heterocycles. The highest BCUT2D eigenvalue weighted by molar-refractivity contribution is 6.04. The number of halogens is 2. The van der Waals surface area contributed by atoms with Gasteiger partial charge in [-0.15, -0.1) is 0 Å². The van der Waals surface area contributed by atoms with Gasteiger partial charge < -0.3 is 14.9 Å². The van der Waals surface area contributed by atoms with Crippen molar-refractivity contribution in [1.82, 2.24) is 0 Å². The summed E-state index contributed by atoms with van der Waals surface area (Å²) in [5.41, 5.74) is -4.07. The second-order valence-corrected chi connectivity index (χ2v) is 10.7. The van der Waals surface area contributed by atoms with E-state index in [4.69, 9.17) is 4.74 Å². The number of alkyl halides is 1. The molecule has 33 heavy (non-hydrogen) atoms. The van der Waals surface area contributed by atoms with E-state index in [-0.39, 0.29) is 30.8 Å². The maximum atomic E-state index is 15.5. The zero-order chi connectivity index (χ0) is 24.5. The first-order valence-electron chi connectivity index (χ1n) is 11.7. The van der Waals surface area contributed by atoms with Crippen LogP contribution < -0.4 is 0 Å². The number of carbonyl (C=O) groups excluding carboxylic acids is 3. The molecule has 4 aliphatic rings. The second-order valence-electron chi connectivity index (χ2n) is 10.7. The van der Waals surface area contributed by atoms with Crippen LogP contribution in [0.1, 0.15) is 53.4 Å². The van der Waals surface area contributed by atoms with Crippen molar-refractivity contribution in [1.29, 1.82) is 0 Å². The van der Waals surface area contributed by atoms with E-state index in [1.807, 2.05) is 0 Å². The molecule has 0 aromatic carbocycles. The molecule has 9 atom stereocenters. The van der Waals surface area contributed by atoms with Gasteiger partial charge in [0.2, 0.25) is 11.6 Å². The SMILES string of the molecule is CCC(=O)O[C@]1(C(=O)CO)[C@H](C)C[C@H]2[C@@H]3C[C@H](F)C4=C(F)C(=O)C=C[C@]4(C)[C@H]3[C@@H](O)C[C@@]21C.